The minimum absolute atomic E-state index is 0.419. The summed E-state index contributed by atoms with van der Waals surface area (Å²) in [5.74, 6) is 0.525. The summed E-state index contributed by atoms with van der Waals surface area (Å²) in [4.78, 5) is 0.419. The smallest absolute Gasteiger partial charge is 0.104 e. The second-order valence-electron chi connectivity index (χ2n) is 3.74. The number of rotatable bonds is 3. The van der Waals surface area contributed by atoms with Crippen molar-refractivity contribution in [2.45, 2.75) is 5.88 Å². The van der Waals surface area contributed by atoms with Crippen LogP contribution in [0.15, 0.2) is 48.5 Å². The molecule has 2 N–H and O–H groups in total. The Hall–Kier alpha value is -1.38. The fraction of sp³-hybridized carbons (Fsp3) is 0.0714. The molecule has 3 heteroatoms. The van der Waals surface area contributed by atoms with E-state index in [1.54, 1.807) is 0 Å². The first-order valence-electron chi connectivity index (χ1n) is 5.26. The van der Waals surface area contributed by atoms with Crippen LogP contribution in [0.1, 0.15) is 11.1 Å². The van der Waals surface area contributed by atoms with E-state index in [1.165, 1.54) is 0 Å². The average Bonchev–Trinajstić information content (AvgIpc) is 2.39. The molecule has 86 valence electrons. The summed E-state index contributed by atoms with van der Waals surface area (Å²) in [6.07, 6.45) is 0. The molecule has 17 heavy (non-hydrogen) atoms. The molecule has 2 aromatic rings. The van der Waals surface area contributed by atoms with E-state index in [1.807, 2.05) is 48.5 Å². The molecule has 0 aliphatic carbocycles. The van der Waals surface area contributed by atoms with Crippen molar-refractivity contribution in [2.24, 2.45) is 5.73 Å². The van der Waals surface area contributed by atoms with Crippen molar-refractivity contribution in [1.29, 1.82) is 0 Å². The highest BCUT2D eigenvalue weighted by Gasteiger charge is 2.06. The van der Waals surface area contributed by atoms with E-state index in [9.17, 15) is 0 Å². The van der Waals surface area contributed by atoms with Gasteiger partial charge >= 0.3 is 0 Å². The van der Waals surface area contributed by atoms with Crippen molar-refractivity contribution >= 4 is 28.8 Å². The molecule has 0 unspecified atom stereocenters. The van der Waals surface area contributed by atoms with E-state index in [0.29, 0.717) is 10.9 Å². The van der Waals surface area contributed by atoms with Gasteiger partial charge in [0.15, 0.2) is 0 Å². The summed E-state index contributed by atoms with van der Waals surface area (Å²) in [6, 6.07) is 16.0. The maximum atomic E-state index is 5.77. The Morgan fingerprint density at radius 2 is 1.71 bits per heavy atom. The Kier molecular flexibility index (Phi) is 3.77. The second kappa shape index (κ2) is 5.30. The Morgan fingerprint density at radius 3 is 2.29 bits per heavy atom. The van der Waals surface area contributed by atoms with Crippen LogP contribution < -0.4 is 5.73 Å². The number of thiocarbonyl (C=S) groups is 1. The van der Waals surface area contributed by atoms with Crippen LogP contribution in [-0.4, -0.2) is 4.99 Å². The standard InChI is InChI=1S/C14H12ClNS/c15-9-10-5-7-11(8-6-10)12-3-1-2-4-13(12)14(16)17/h1-8H,9H2,(H2,16,17). The fourth-order valence-corrected chi connectivity index (χ4v) is 2.08. The Balaban J connectivity index is 2.48. The van der Waals surface area contributed by atoms with Crippen LogP contribution in [0.3, 0.4) is 0 Å². The van der Waals surface area contributed by atoms with Gasteiger partial charge in [0.25, 0.3) is 0 Å². The van der Waals surface area contributed by atoms with Gasteiger partial charge in [-0.05, 0) is 16.7 Å². The third-order valence-electron chi connectivity index (χ3n) is 2.61. The van der Waals surface area contributed by atoms with Gasteiger partial charge in [0, 0.05) is 11.4 Å². The van der Waals surface area contributed by atoms with Crippen LogP contribution in [0, 0.1) is 0 Å². The maximum absolute atomic E-state index is 5.77. The normalized spacial score (nSPS) is 10.2. The molecule has 0 amide bonds. The lowest BCUT2D eigenvalue weighted by Gasteiger charge is -2.08. The maximum Gasteiger partial charge on any atom is 0.104 e. The largest absolute Gasteiger partial charge is 0.389 e. The summed E-state index contributed by atoms with van der Waals surface area (Å²) in [6.45, 7) is 0. The highest BCUT2D eigenvalue weighted by molar-refractivity contribution is 7.80. The highest BCUT2D eigenvalue weighted by atomic mass is 35.5. The highest BCUT2D eigenvalue weighted by Crippen LogP contribution is 2.24. The van der Waals surface area contributed by atoms with Gasteiger partial charge < -0.3 is 5.73 Å². The van der Waals surface area contributed by atoms with Crippen LogP contribution in [0.5, 0.6) is 0 Å². The quantitative estimate of drug-likeness (QED) is 0.673. The fourth-order valence-electron chi connectivity index (χ4n) is 1.72. The van der Waals surface area contributed by atoms with Crippen LogP contribution in [0.4, 0.5) is 0 Å². The van der Waals surface area contributed by atoms with Gasteiger partial charge in [0.05, 0.1) is 0 Å². The molecule has 0 saturated carbocycles. The molecule has 0 aromatic heterocycles. The Labute approximate surface area is 111 Å². The molecule has 0 heterocycles. The van der Waals surface area contributed by atoms with Crippen LogP contribution in [0.25, 0.3) is 11.1 Å². The first-order valence-corrected chi connectivity index (χ1v) is 6.21. The lowest BCUT2D eigenvalue weighted by molar-refractivity contribution is 1.40. The first-order chi connectivity index (χ1) is 8.22. The van der Waals surface area contributed by atoms with Crippen LogP contribution >= 0.6 is 23.8 Å². The van der Waals surface area contributed by atoms with Crippen molar-refractivity contribution in [3.8, 4) is 11.1 Å². The van der Waals surface area contributed by atoms with Gasteiger partial charge in [0.1, 0.15) is 4.99 Å². The number of hydrogen-bond acceptors (Lipinski definition) is 1. The topological polar surface area (TPSA) is 26.0 Å². The second-order valence-corrected chi connectivity index (χ2v) is 4.45. The molecule has 1 nitrogen and oxygen atoms in total. The van der Waals surface area contributed by atoms with Crippen molar-refractivity contribution in [1.82, 2.24) is 0 Å². The van der Waals surface area contributed by atoms with E-state index < -0.39 is 0 Å². The zero-order valence-corrected chi connectivity index (χ0v) is 10.8. The molecular formula is C14H12ClNS. The zero-order valence-electron chi connectivity index (χ0n) is 9.19. The Bertz CT molecular complexity index is 534. The van der Waals surface area contributed by atoms with E-state index in [-0.39, 0.29) is 0 Å². The average molecular weight is 262 g/mol. The van der Waals surface area contributed by atoms with E-state index in [2.05, 4.69) is 0 Å². The minimum atomic E-state index is 0.419. The summed E-state index contributed by atoms with van der Waals surface area (Å²) in [7, 11) is 0. The molecule has 0 bridgehead atoms. The molecule has 0 atom stereocenters. The van der Waals surface area contributed by atoms with Gasteiger partial charge in [-0.3, -0.25) is 0 Å². The van der Waals surface area contributed by atoms with Crippen molar-refractivity contribution in [3.05, 3.63) is 59.7 Å². The Morgan fingerprint density at radius 1 is 1.06 bits per heavy atom. The molecule has 0 aliphatic rings. The van der Waals surface area contributed by atoms with E-state index in [4.69, 9.17) is 29.6 Å². The SMILES string of the molecule is NC(=S)c1ccccc1-c1ccc(CCl)cc1. The van der Waals surface area contributed by atoms with E-state index >= 15 is 0 Å². The summed E-state index contributed by atoms with van der Waals surface area (Å²) < 4.78 is 0. The summed E-state index contributed by atoms with van der Waals surface area (Å²) >= 11 is 10.8. The van der Waals surface area contributed by atoms with Crippen molar-refractivity contribution < 1.29 is 0 Å². The van der Waals surface area contributed by atoms with Gasteiger partial charge in [0.2, 0.25) is 0 Å². The molecular weight excluding hydrogens is 250 g/mol. The number of hydrogen-bond donors (Lipinski definition) is 1. The molecule has 2 aromatic carbocycles. The summed E-state index contributed by atoms with van der Waals surface area (Å²) in [5, 5.41) is 0. The van der Waals surface area contributed by atoms with Gasteiger partial charge in [-0.25, -0.2) is 0 Å². The minimum Gasteiger partial charge on any atom is -0.389 e. The van der Waals surface area contributed by atoms with Gasteiger partial charge in [-0.15, -0.1) is 11.6 Å². The first kappa shape index (κ1) is 12.1. The third-order valence-corrected chi connectivity index (χ3v) is 3.14. The lowest BCUT2D eigenvalue weighted by atomic mass is 9.99. The predicted molar refractivity (Wildman–Crippen MR) is 77.3 cm³/mol. The van der Waals surface area contributed by atoms with Crippen molar-refractivity contribution in [2.75, 3.05) is 0 Å². The van der Waals surface area contributed by atoms with Crippen LogP contribution in [-0.2, 0) is 5.88 Å². The molecule has 0 aliphatic heterocycles. The summed E-state index contributed by atoms with van der Waals surface area (Å²) in [5.41, 5.74) is 9.88. The third kappa shape index (κ3) is 2.65. The van der Waals surface area contributed by atoms with Crippen molar-refractivity contribution in [3.63, 3.8) is 0 Å². The predicted octanol–water partition coefficient (Wildman–Crippen LogP) is 3.73. The van der Waals surface area contributed by atoms with Gasteiger partial charge in [-0.2, -0.15) is 0 Å². The number of halogens is 1. The lowest BCUT2D eigenvalue weighted by Crippen LogP contribution is -2.10. The monoisotopic (exact) mass is 261 g/mol. The molecule has 0 radical (unpaired) electrons. The van der Waals surface area contributed by atoms with Crippen LogP contribution in [0.2, 0.25) is 0 Å². The van der Waals surface area contributed by atoms with E-state index in [0.717, 1.165) is 22.3 Å². The molecule has 0 spiro atoms. The zero-order chi connectivity index (χ0) is 12.3. The molecule has 2 rings (SSSR count). The number of benzene rings is 2. The molecule has 0 saturated heterocycles. The number of alkyl halides is 1. The van der Waals surface area contributed by atoms with Gasteiger partial charge in [-0.1, -0.05) is 60.7 Å². The molecule has 0 fully saturated rings. The number of nitrogens with two attached hydrogens (primary N) is 1.